The number of hydrogen-bond donors (Lipinski definition) is 2. The Morgan fingerprint density at radius 2 is 1.93 bits per heavy atom. The van der Waals surface area contributed by atoms with Crippen LogP contribution in [-0.4, -0.2) is 23.0 Å². The number of nitrogens with one attached hydrogen (secondary N) is 1. The molecule has 0 unspecified atom stereocenters. The molecule has 2 N–H and O–H groups in total. The Morgan fingerprint density at radius 3 is 2.36 bits per heavy atom. The van der Waals surface area contributed by atoms with Crippen LogP contribution < -0.4 is 5.32 Å². The highest BCUT2D eigenvalue weighted by atomic mass is 16.4. The first kappa shape index (κ1) is 12.9. The molecule has 0 bridgehead atoms. The fraction of sp³-hybridized carbons (Fsp3) is 0.800. The normalized spacial score (nSPS) is 14.5. The first-order chi connectivity index (χ1) is 6.47. The van der Waals surface area contributed by atoms with Crippen molar-refractivity contribution in [1.29, 1.82) is 0 Å². The van der Waals surface area contributed by atoms with Crippen LogP contribution in [0.25, 0.3) is 0 Å². The van der Waals surface area contributed by atoms with Crippen molar-refractivity contribution in [3.05, 3.63) is 0 Å². The van der Waals surface area contributed by atoms with Crippen molar-refractivity contribution in [2.24, 2.45) is 5.92 Å². The molecule has 0 rings (SSSR count). The lowest BCUT2D eigenvalue weighted by atomic mass is 10.0. The zero-order chi connectivity index (χ0) is 11.1. The number of rotatable bonds is 6. The maximum Gasteiger partial charge on any atom is 0.305 e. The van der Waals surface area contributed by atoms with Crippen LogP contribution in [0.4, 0.5) is 0 Å². The Bertz CT molecular complexity index is 204. The maximum absolute atomic E-state index is 11.4. The minimum atomic E-state index is -0.888. The van der Waals surface area contributed by atoms with E-state index in [1.165, 1.54) is 0 Å². The molecule has 4 heteroatoms. The number of carbonyl (C=O) groups excluding carboxylic acids is 1. The quantitative estimate of drug-likeness (QED) is 0.682. The molecule has 0 aliphatic heterocycles. The van der Waals surface area contributed by atoms with Crippen molar-refractivity contribution in [1.82, 2.24) is 5.32 Å². The van der Waals surface area contributed by atoms with E-state index in [0.717, 1.165) is 12.8 Å². The van der Waals surface area contributed by atoms with Gasteiger partial charge in [-0.25, -0.2) is 0 Å². The van der Waals surface area contributed by atoms with Gasteiger partial charge in [-0.3, -0.25) is 9.59 Å². The lowest BCUT2D eigenvalue weighted by Gasteiger charge is -2.15. The van der Waals surface area contributed by atoms with E-state index in [-0.39, 0.29) is 24.3 Å². The predicted octanol–water partition coefficient (Wildman–Crippen LogP) is 1.40. The summed E-state index contributed by atoms with van der Waals surface area (Å²) in [4.78, 5) is 21.8. The standard InChI is InChI=1S/C10H19NO3/c1-4-5-7(2)10(14)11-8(3)6-9(12)13/h7-8H,4-6H2,1-3H3,(H,11,14)(H,12,13)/t7-,8+/m1/s1. The van der Waals surface area contributed by atoms with Crippen LogP contribution in [0, 0.1) is 5.92 Å². The lowest BCUT2D eigenvalue weighted by molar-refractivity contribution is -0.137. The van der Waals surface area contributed by atoms with Crippen LogP contribution in [0.5, 0.6) is 0 Å². The molecule has 0 saturated heterocycles. The number of amides is 1. The second-order valence-corrected chi connectivity index (χ2v) is 3.70. The van der Waals surface area contributed by atoms with E-state index in [1.807, 2.05) is 13.8 Å². The molecule has 2 atom stereocenters. The minimum Gasteiger partial charge on any atom is -0.481 e. The Morgan fingerprint density at radius 1 is 1.36 bits per heavy atom. The molecule has 0 saturated carbocycles. The predicted molar refractivity (Wildman–Crippen MR) is 53.9 cm³/mol. The number of carboxylic acids is 1. The molecular weight excluding hydrogens is 182 g/mol. The van der Waals surface area contributed by atoms with Gasteiger partial charge >= 0.3 is 5.97 Å². The molecule has 0 aromatic carbocycles. The number of aliphatic carboxylic acids is 1. The average molecular weight is 201 g/mol. The molecule has 0 aliphatic rings. The SMILES string of the molecule is CCC[C@@H](C)C(=O)N[C@@H](C)CC(=O)O. The molecule has 0 fully saturated rings. The van der Waals surface area contributed by atoms with E-state index in [1.54, 1.807) is 6.92 Å². The molecule has 0 radical (unpaired) electrons. The molecule has 0 aromatic rings. The third-order valence-corrected chi connectivity index (χ3v) is 2.04. The van der Waals surface area contributed by atoms with Crippen molar-refractivity contribution < 1.29 is 14.7 Å². The molecule has 4 nitrogen and oxygen atoms in total. The minimum absolute atomic E-state index is 0.0232. The third-order valence-electron chi connectivity index (χ3n) is 2.04. The van der Waals surface area contributed by atoms with Gasteiger partial charge in [0.05, 0.1) is 6.42 Å². The Kier molecular flexibility index (Phi) is 5.92. The Labute approximate surface area is 84.7 Å². The second kappa shape index (κ2) is 6.40. The van der Waals surface area contributed by atoms with Gasteiger partial charge in [0.2, 0.25) is 5.91 Å². The van der Waals surface area contributed by atoms with Gasteiger partial charge in [-0.15, -0.1) is 0 Å². The van der Waals surface area contributed by atoms with Gasteiger partial charge in [0.15, 0.2) is 0 Å². The highest BCUT2D eigenvalue weighted by Crippen LogP contribution is 2.05. The summed E-state index contributed by atoms with van der Waals surface area (Å²) in [7, 11) is 0. The molecule has 0 aromatic heterocycles. The fourth-order valence-corrected chi connectivity index (χ4v) is 1.26. The van der Waals surface area contributed by atoms with Crippen molar-refractivity contribution in [2.75, 3.05) is 0 Å². The van der Waals surface area contributed by atoms with E-state index in [4.69, 9.17) is 5.11 Å². The topological polar surface area (TPSA) is 66.4 Å². The van der Waals surface area contributed by atoms with Gasteiger partial charge in [-0.2, -0.15) is 0 Å². The van der Waals surface area contributed by atoms with Gasteiger partial charge in [0, 0.05) is 12.0 Å². The second-order valence-electron chi connectivity index (χ2n) is 3.70. The third kappa shape index (κ3) is 5.56. The monoisotopic (exact) mass is 201 g/mol. The Hall–Kier alpha value is -1.06. The van der Waals surface area contributed by atoms with E-state index in [2.05, 4.69) is 5.32 Å². The average Bonchev–Trinajstić information content (AvgIpc) is 2.02. The maximum atomic E-state index is 11.4. The highest BCUT2D eigenvalue weighted by molar-refractivity contribution is 5.79. The van der Waals surface area contributed by atoms with Crippen molar-refractivity contribution in [3.8, 4) is 0 Å². The molecule has 0 heterocycles. The Balaban J connectivity index is 3.86. The van der Waals surface area contributed by atoms with Gasteiger partial charge in [0.1, 0.15) is 0 Å². The molecule has 1 amide bonds. The molecule has 0 spiro atoms. The number of carbonyl (C=O) groups is 2. The molecule has 82 valence electrons. The number of carboxylic acid groups (broad SMARTS) is 1. The summed E-state index contributed by atoms with van der Waals surface area (Å²) in [5, 5.41) is 11.2. The first-order valence-electron chi connectivity index (χ1n) is 4.99. The van der Waals surface area contributed by atoms with Crippen molar-refractivity contribution >= 4 is 11.9 Å². The van der Waals surface area contributed by atoms with Gasteiger partial charge in [-0.1, -0.05) is 20.3 Å². The van der Waals surface area contributed by atoms with E-state index >= 15 is 0 Å². The summed E-state index contributed by atoms with van der Waals surface area (Å²) in [6.45, 7) is 5.57. The largest absolute Gasteiger partial charge is 0.481 e. The van der Waals surface area contributed by atoms with E-state index < -0.39 is 5.97 Å². The summed E-state index contributed by atoms with van der Waals surface area (Å²) in [6, 6.07) is -0.292. The zero-order valence-electron chi connectivity index (χ0n) is 9.04. The molecule has 0 aliphatic carbocycles. The smallest absolute Gasteiger partial charge is 0.305 e. The summed E-state index contributed by atoms with van der Waals surface area (Å²) >= 11 is 0. The van der Waals surface area contributed by atoms with Crippen molar-refractivity contribution in [2.45, 2.75) is 46.1 Å². The summed E-state index contributed by atoms with van der Waals surface area (Å²) < 4.78 is 0. The van der Waals surface area contributed by atoms with Gasteiger partial charge < -0.3 is 10.4 Å². The van der Waals surface area contributed by atoms with Gasteiger partial charge in [-0.05, 0) is 13.3 Å². The molecular formula is C10H19NO3. The lowest BCUT2D eigenvalue weighted by Crippen LogP contribution is -2.37. The first-order valence-corrected chi connectivity index (χ1v) is 4.99. The number of hydrogen-bond acceptors (Lipinski definition) is 2. The van der Waals surface area contributed by atoms with Crippen LogP contribution in [-0.2, 0) is 9.59 Å². The van der Waals surface area contributed by atoms with E-state index in [0.29, 0.717) is 0 Å². The van der Waals surface area contributed by atoms with Crippen LogP contribution in [0.3, 0.4) is 0 Å². The van der Waals surface area contributed by atoms with Crippen LogP contribution >= 0.6 is 0 Å². The van der Waals surface area contributed by atoms with E-state index in [9.17, 15) is 9.59 Å². The van der Waals surface area contributed by atoms with Gasteiger partial charge in [0.25, 0.3) is 0 Å². The summed E-state index contributed by atoms with van der Waals surface area (Å²) in [5.41, 5.74) is 0. The summed E-state index contributed by atoms with van der Waals surface area (Å²) in [5.74, 6) is -0.974. The fourth-order valence-electron chi connectivity index (χ4n) is 1.26. The van der Waals surface area contributed by atoms with Crippen LogP contribution in [0.15, 0.2) is 0 Å². The molecule has 14 heavy (non-hydrogen) atoms. The zero-order valence-corrected chi connectivity index (χ0v) is 9.04. The summed E-state index contributed by atoms with van der Waals surface area (Å²) in [6.07, 6.45) is 1.78. The van der Waals surface area contributed by atoms with Crippen molar-refractivity contribution in [3.63, 3.8) is 0 Å². The van der Waals surface area contributed by atoms with Crippen LogP contribution in [0.2, 0.25) is 0 Å². The van der Waals surface area contributed by atoms with Crippen LogP contribution in [0.1, 0.15) is 40.0 Å². The highest BCUT2D eigenvalue weighted by Gasteiger charge is 2.15.